The van der Waals surface area contributed by atoms with Gasteiger partial charge in [-0.05, 0) is 24.9 Å². The van der Waals surface area contributed by atoms with Crippen LogP contribution in [0, 0.1) is 5.82 Å². The SMILES string of the molecule is Fc1c(Cl)ncc2c(SCc3ccccc3)nc(OC[C@@]34CCCN3C[C@H](F)C4)nc12. The summed E-state index contributed by atoms with van der Waals surface area (Å²) in [6.45, 7) is 1.59. The lowest BCUT2D eigenvalue weighted by Gasteiger charge is -2.30. The monoisotopic (exact) mass is 462 g/mol. The van der Waals surface area contributed by atoms with Crippen LogP contribution in [0.25, 0.3) is 10.9 Å². The Morgan fingerprint density at radius 1 is 1.26 bits per heavy atom. The van der Waals surface area contributed by atoms with E-state index in [1.54, 1.807) is 0 Å². The molecule has 2 saturated heterocycles. The highest BCUT2D eigenvalue weighted by molar-refractivity contribution is 7.98. The van der Waals surface area contributed by atoms with E-state index in [0.29, 0.717) is 29.1 Å². The summed E-state index contributed by atoms with van der Waals surface area (Å²) >= 11 is 7.35. The molecule has 0 bridgehead atoms. The molecule has 0 N–H and O–H groups in total. The third-order valence-electron chi connectivity index (χ3n) is 6.04. The van der Waals surface area contributed by atoms with Gasteiger partial charge < -0.3 is 4.74 Å². The van der Waals surface area contributed by atoms with Crippen molar-refractivity contribution in [1.82, 2.24) is 19.9 Å². The highest BCUT2D eigenvalue weighted by atomic mass is 35.5. The van der Waals surface area contributed by atoms with Crippen LogP contribution in [0.4, 0.5) is 8.78 Å². The van der Waals surface area contributed by atoms with Crippen LogP contribution in [-0.4, -0.2) is 51.3 Å². The van der Waals surface area contributed by atoms with Crippen LogP contribution in [-0.2, 0) is 5.75 Å². The Balaban J connectivity index is 1.44. The number of alkyl halides is 1. The molecule has 0 saturated carbocycles. The number of rotatable bonds is 6. The minimum absolute atomic E-state index is 0.0766. The summed E-state index contributed by atoms with van der Waals surface area (Å²) in [6, 6.07) is 10.0. The second kappa shape index (κ2) is 8.48. The smallest absolute Gasteiger partial charge is 0.318 e. The van der Waals surface area contributed by atoms with Crippen molar-refractivity contribution >= 4 is 34.3 Å². The van der Waals surface area contributed by atoms with Gasteiger partial charge in [0.25, 0.3) is 0 Å². The number of benzene rings is 1. The maximum atomic E-state index is 14.7. The van der Waals surface area contributed by atoms with Gasteiger partial charge in [-0.25, -0.2) is 13.8 Å². The summed E-state index contributed by atoms with van der Waals surface area (Å²) in [5.74, 6) is -0.0453. The number of ether oxygens (including phenoxy) is 1. The zero-order valence-corrected chi connectivity index (χ0v) is 18.3. The number of nitrogens with zero attached hydrogens (tertiary/aromatic N) is 4. The average Bonchev–Trinajstić information content (AvgIpc) is 3.30. The summed E-state index contributed by atoms with van der Waals surface area (Å²) in [7, 11) is 0. The van der Waals surface area contributed by atoms with Crippen LogP contribution in [0.15, 0.2) is 41.6 Å². The average molecular weight is 463 g/mol. The van der Waals surface area contributed by atoms with Crippen molar-refractivity contribution in [3.8, 4) is 6.01 Å². The molecule has 2 atom stereocenters. The molecule has 162 valence electrons. The fourth-order valence-corrected chi connectivity index (χ4v) is 5.62. The first kappa shape index (κ1) is 20.8. The van der Waals surface area contributed by atoms with E-state index >= 15 is 0 Å². The van der Waals surface area contributed by atoms with Crippen LogP contribution in [0.2, 0.25) is 5.15 Å². The van der Waals surface area contributed by atoms with Gasteiger partial charge in [-0.2, -0.15) is 9.97 Å². The Kier molecular flexibility index (Phi) is 5.71. The maximum Gasteiger partial charge on any atom is 0.318 e. The minimum atomic E-state index is -0.847. The lowest BCUT2D eigenvalue weighted by atomic mass is 9.95. The van der Waals surface area contributed by atoms with E-state index in [-0.39, 0.29) is 28.8 Å². The van der Waals surface area contributed by atoms with Crippen molar-refractivity contribution in [2.75, 3.05) is 19.7 Å². The van der Waals surface area contributed by atoms with E-state index in [9.17, 15) is 8.78 Å². The minimum Gasteiger partial charge on any atom is -0.461 e. The molecule has 1 aromatic carbocycles. The Labute approximate surface area is 188 Å². The number of hydrogen-bond donors (Lipinski definition) is 0. The predicted octanol–water partition coefficient (Wildman–Crippen LogP) is 5.06. The van der Waals surface area contributed by atoms with Crippen LogP contribution in [0.3, 0.4) is 0 Å². The number of hydrogen-bond acceptors (Lipinski definition) is 6. The van der Waals surface area contributed by atoms with E-state index in [4.69, 9.17) is 16.3 Å². The molecule has 31 heavy (non-hydrogen) atoms. The van der Waals surface area contributed by atoms with Crippen molar-refractivity contribution in [3.05, 3.63) is 53.1 Å². The molecule has 2 fully saturated rings. The summed E-state index contributed by atoms with van der Waals surface area (Å²) in [5, 5.41) is 0.816. The van der Waals surface area contributed by atoms with Gasteiger partial charge in [0.1, 0.15) is 23.3 Å². The van der Waals surface area contributed by atoms with Crippen molar-refractivity contribution in [3.63, 3.8) is 0 Å². The second-order valence-corrected chi connectivity index (χ2v) is 9.40. The summed E-state index contributed by atoms with van der Waals surface area (Å²) < 4.78 is 34.7. The third-order valence-corrected chi connectivity index (χ3v) is 7.36. The standard InChI is InChI=1S/C22H21ClF2N4OS/c23-19-17(25)18-16(10-26-19)20(31-12-14-5-2-1-3-6-14)28-21(27-18)30-13-22-7-4-8-29(22)11-15(24)9-22/h1-3,5-6,10,15H,4,7-9,11-13H2/t15-,22+/m1/s1. The van der Waals surface area contributed by atoms with Crippen LogP contribution in [0.5, 0.6) is 6.01 Å². The lowest BCUT2D eigenvalue weighted by Crippen LogP contribution is -2.43. The molecular weight excluding hydrogens is 442 g/mol. The summed E-state index contributed by atoms with van der Waals surface area (Å²) in [5.41, 5.74) is 0.865. The molecule has 9 heteroatoms. The number of pyridine rings is 1. The number of fused-ring (bicyclic) bond motifs is 2. The normalized spacial score (nSPS) is 23.4. The maximum absolute atomic E-state index is 14.7. The number of aromatic nitrogens is 3. The zero-order chi connectivity index (χ0) is 21.4. The molecule has 0 radical (unpaired) electrons. The van der Waals surface area contributed by atoms with E-state index in [1.807, 2.05) is 30.3 Å². The van der Waals surface area contributed by atoms with E-state index < -0.39 is 12.0 Å². The zero-order valence-electron chi connectivity index (χ0n) is 16.7. The largest absolute Gasteiger partial charge is 0.461 e. The van der Waals surface area contributed by atoms with Crippen LogP contribution in [0.1, 0.15) is 24.8 Å². The van der Waals surface area contributed by atoms with Gasteiger partial charge in [0.05, 0.1) is 10.9 Å². The molecule has 2 aromatic heterocycles. The fraction of sp³-hybridized carbons (Fsp3) is 0.409. The fourth-order valence-electron chi connectivity index (χ4n) is 4.54. The lowest BCUT2D eigenvalue weighted by molar-refractivity contribution is 0.107. The van der Waals surface area contributed by atoms with Crippen molar-refractivity contribution in [2.24, 2.45) is 0 Å². The van der Waals surface area contributed by atoms with Gasteiger partial charge in [-0.1, -0.05) is 41.9 Å². The molecular formula is C22H21ClF2N4OS. The molecule has 2 aliphatic heterocycles. The highest BCUT2D eigenvalue weighted by Gasteiger charge is 2.49. The van der Waals surface area contributed by atoms with Gasteiger partial charge in [0.2, 0.25) is 0 Å². The molecule has 0 amide bonds. The number of halogens is 3. The Morgan fingerprint density at radius 3 is 2.94 bits per heavy atom. The second-order valence-electron chi connectivity index (χ2n) is 8.07. The molecule has 4 heterocycles. The van der Waals surface area contributed by atoms with E-state index in [2.05, 4.69) is 19.9 Å². The van der Waals surface area contributed by atoms with Crippen LogP contribution < -0.4 is 4.74 Å². The van der Waals surface area contributed by atoms with E-state index in [1.165, 1.54) is 18.0 Å². The highest BCUT2D eigenvalue weighted by Crippen LogP contribution is 2.40. The van der Waals surface area contributed by atoms with Crippen molar-refractivity contribution in [1.29, 1.82) is 0 Å². The Hall–Kier alpha value is -2.03. The predicted molar refractivity (Wildman–Crippen MR) is 117 cm³/mol. The van der Waals surface area contributed by atoms with Gasteiger partial charge in [0, 0.05) is 24.9 Å². The first-order chi connectivity index (χ1) is 15.0. The Morgan fingerprint density at radius 2 is 2.10 bits per heavy atom. The Bertz CT molecular complexity index is 1110. The topological polar surface area (TPSA) is 51.1 Å². The molecule has 3 aromatic rings. The molecule has 0 spiro atoms. The summed E-state index contributed by atoms with van der Waals surface area (Å²) in [4.78, 5) is 14.9. The third kappa shape index (κ3) is 4.08. The first-order valence-electron chi connectivity index (χ1n) is 10.2. The molecule has 5 nitrogen and oxygen atoms in total. The molecule has 5 rings (SSSR count). The molecule has 0 aliphatic carbocycles. The summed E-state index contributed by atoms with van der Waals surface area (Å²) in [6.07, 6.45) is 2.98. The molecule has 2 aliphatic rings. The molecule has 0 unspecified atom stereocenters. The van der Waals surface area contributed by atoms with Crippen molar-refractivity contribution in [2.45, 2.75) is 41.8 Å². The van der Waals surface area contributed by atoms with Gasteiger partial charge >= 0.3 is 6.01 Å². The quantitative estimate of drug-likeness (QED) is 0.290. The van der Waals surface area contributed by atoms with Gasteiger partial charge in [0.15, 0.2) is 11.0 Å². The van der Waals surface area contributed by atoms with E-state index in [0.717, 1.165) is 24.9 Å². The number of thioether (sulfide) groups is 1. The van der Waals surface area contributed by atoms with Gasteiger partial charge in [-0.15, -0.1) is 11.8 Å². The van der Waals surface area contributed by atoms with Crippen molar-refractivity contribution < 1.29 is 13.5 Å². The first-order valence-corrected chi connectivity index (χ1v) is 11.6. The van der Waals surface area contributed by atoms with Crippen LogP contribution >= 0.6 is 23.4 Å². The van der Waals surface area contributed by atoms with Gasteiger partial charge in [-0.3, -0.25) is 4.90 Å².